The van der Waals surface area contributed by atoms with Crippen molar-refractivity contribution in [1.82, 2.24) is 4.90 Å². The monoisotopic (exact) mass is 396 g/mol. The molecule has 2 N–H and O–H groups in total. The van der Waals surface area contributed by atoms with Gasteiger partial charge < -0.3 is 10.6 Å². The SMILES string of the molecule is NCC1(c2cccc(Cl)c2)CCC(N2CCC(Cc3ccccc3)CC2)CC1. The van der Waals surface area contributed by atoms with Crippen molar-refractivity contribution in [3.05, 3.63) is 70.7 Å². The van der Waals surface area contributed by atoms with E-state index in [-0.39, 0.29) is 5.41 Å². The van der Waals surface area contributed by atoms with E-state index in [4.69, 9.17) is 17.3 Å². The Hall–Kier alpha value is -1.35. The molecule has 2 nitrogen and oxygen atoms in total. The number of benzene rings is 2. The molecule has 1 aliphatic heterocycles. The van der Waals surface area contributed by atoms with Crippen LogP contribution in [-0.2, 0) is 11.8 Å². The predicted octanol–water partition coefficient (Wildman–Crippen LogP) is 5.43. The molecule has 1 saturated heterocycles. The van der Waals surface area contributed by atoms with Crippen molar-refractivity contribution in [2.45, 2.75) is 56.4 Å². The predicted molar refractivity (Wildman–Crippen MR) is 119 cm³/mol. The Morgan fingerprint density at radius 3 is 2.29 bits per heavy atom. The highest BCUT2D eigenvalue weighted by Crippen LogP contribution is 2.41. The zero-order chi connectivity index (χ0) is 19.4. The minimum atomic E-state index is 0.118. The van der Waals surface area contributed by atoms with Crippen molar-refractivity contribution in [2.75, 3.05) is 19.6 Å². The highest BCUT2D eigenvalue weighted by molar-refractivity contribution is 6.30. The zero-order valence-electron chi connectivity index (χ0n) is 16.8. The lowest BCUT2D eigenvalue weighted by Crippen LogP contribution is -2.48. The molecule has 2 aromatic rings. The molecule has 150 valence electrons. The average molecular weight is 397 g/mol. The fourth-order valence-electron chi connectivity index (χ4n) is 5.42. The van der Waals surface area contributed by atoms with Gasteiger partial charge in [0.05, 0.1) is 0 Å². The summed E-state index contributed by atoms with van der Waals surface area (Å²) in [6, 6.07) is 20.1. The number of hydrogen-bond acceptors (Lipinski definition) is 2. The van der Waals surface area contributed by atoms with Gasteiger partial charge in [0.25, 0.3) is 0 Å². The second-order valence-corrected chi connectivity index (χ2v) is 9.33. The second-order valence-electron chi connectivity index (χ2n) is 8.90. The van der Waals surface area contributed by atoms with Crippen LogP contribution in [0, 0.1) is 5.92 Å². The van der Waals surface area contributed by atoms with E-state index in [1.165, 1.54) is 69.2 Å². The van der Waals surface area contributed by atoms with Crippen LogP contribution < -0.4 is 5.73 Å². The minimum Gasteiger partial charge on any atom is -0.330 e. The zero-order valence-corrected chi connectivity index (χ0v) is 17.6. The molecule has 1 aliphatic carbocycles. The van der Waals surface area contributed by atoms with Gasteiger partial charge >= 0.3 is 0 Å². The number of rotatable bonds is 5. The van der Waals surface area contributed by atoms with E-state index in [1.807, 2.05) is 6.07 Å². The molecule has 0 unspecified atom stereocenters. The molecule has 0 bridgehead atoms. The topological polar surface area (TPSA) is 29.3 Å². The third-order valence-corrected chi connectivity index (χ3v) is 7.51. The largest absolute Gasteiger partial charge is 0.330 e. The Bertz CT molecular complexity index is 744. The van der Waals surface area contributed by atoms with Gasteiger partial charge in [-0.1, -0.05) is 54.1 Å². The summed E-state index contributed by atoms with van der Waals surface area (Å²) in [5.41, 5.74) is 9.23. The van der Waals surface area contributed by atoms with Gasteiger partial charge in [0.1, 0.15) is 0 Å². The standard InChI is InChI=1S/C25H33ClN2/c26-23-8-4-7-22(18-23)25(19-27)13-9-24(10-14-25)28-15-11-21(12-16-28)17-20-5-2-1-3-6-20/h1-8,18,21,24H,9-17,19,27H2. The first-order valence-corrected chi connectivity index (χ1v) is 11.3. The number of hydrogen-bond donors (Lipinski definition) is 1. The lowest BCUT2D eigenvalue weighted by Gasteiger charge is -2.45. The Balaban J connectivity index is 1.31. The van der Waals surface area contributed by atoms with Crippen molar-refractivity contribution in [3.63, 3.8) is 0 Å². The van der Waals surface area contributed by atoms with Crippen molar-refractivity contribution < 1.29 is 0 Å². The quantitative estimate of drug-likeness (QED) is 0.729. The van der Waals surface area contributed by atoms with Crippen LogP contribution in [0.15, 0.2) is 54.6 Å². The first-order valence-electron chi connectivity index (χ1n) is 10.9. The normalized spacial score (nSPS) is 27.0. The summed E-state index contributed by atoms with van der Waals surface area (Å²) >= 11 is 6.26. The highest BCUT2D eigenvalue weighted by atomic mass is 35.5. The lowest BCUT2D eigenvalue weighted by molar-refractivity contribution is 0.0875. The fourth-order valence-corrected chi connectivity index (χ4v) is 5.61. The maximum Gasteiger partial charge on any atom is 0.0408 e. The van der Waals surface area contributed by atoms with Gasteiger partial charge in [0, 0.05) is 23.0 Å². The van der Waals surface area contributed by atoms with Gasteiger partial charge in [-0.25, -0.2) is 0 Å². The molecular weight excluding hydrogens is 364 g/mol. The number of halogens is 1. The maximum atomic E-state index is 6.28. The summed E-state index contributed by atoms with van der Waals surface area (Å²) < 4.78 is 0. The van der Waals surface area contributed by atoms with E-state index in [1.54, 1.807) is 0 Å². The summed E-state index contributed by atoms with van der Waals surface area (Å²) in [5, 5.41) is 0.827. The van der Waals surface area contributed by atoms with E-state index in [0.717, 1.165) is 23.5 Å². The Labute approximate surface area is 175 Å². The molecule has 2 fully saturated rings. The molecule has 1 heterocycles. The van der Waals surface area contributed by atoms with Crippen molar-refractivity contribution in [3.8, 4) is 0 Å². The van der Waals surface area contributed by atoms with Gasteiger partial charge in [-0.05, 0) is 87.2 Å². The molecule has 0 amide bonds. The smallest absolute Gasteiger partial charge is 0.0408 e. The Morgan fingerprint density at radius 2 is 1.64 bits per heavy atom. The second kappa shape index (κ2) is 8.98. The maximum absolute atomic E-state index is 6.28. The van der Waals surface area contributed by atoms with Gasteiger partial charge in [0.2, 0.25) is 0 Å². The highest BCUT2D eigenvalue weighted by Gasteiger charge is 2.38. The first kappa shape index (κ1) is 19.9. The van der Waals surface area contributed by atoms with E-state index >= 15 is 0 Å². The van der Waals surface area contributed by atoms with Crippen LogP contribution in [-0.4, -0.2) is 30.6 Å². The summed E-state index contributed by atoms with van der Waals surface area (Å²) in [6.07, 6.45) is 8.78. The summed E-state index contributed by atoms with van der Waals surface area (Å²) in [7, 11) is 0. The molecule has 4 rings (SSSR count). The van der Waals surface area contributed by atoms with Crippen LogP contribution in [0.2, 0.25) is 5.02 Å². The van der Waals surface area contributed by atoms with Crippen LogP contribution in [0.25, 0.3) is 0 Å². The molecule has 0 radical (unpaired) electrons. The van der Waals surface area contributed by atoms with Crippen LogP contribution in [0.4, 0.5) is 0 Å². The molecule has 0 aromatic heterocycles. The van der Waals surface area contributed by atoms with Gasteiger partial charge in [-0.15, -0.1) is 0 Å². The summed E-state index contributed by atoms with van der Waals surface area (Å²) in [6.45, 7) is 3.24. The minimum absolute atomic E-state index is 0.118. The van der Waals surface area contributed by atoms with Crippen LogP contribution in [0.5, 0.6) is 0 Å². The van der Waals surface area contributed by atoms with Crippen LogP contribution in [0.3, 0.4) is 0 Å². The molecular formula is C25H33ClN2. The Morgan fingerprint density at radius 1 is 0.929 bits per heavy atom. The number of piperidine rings is 1. The van der Waals surface area contributed by atoms with Gasteiger partial charge in [-0.3, -0.25) is 0 Å². The summed E-state index contributed by atoms with van der Waals surface area (Å²) in [4.78, 5) is 2.76. The van der Waals surface area contributed by atoms with E-state index in [2.05, 4.69) is 53.4 Å². The molecule has 2 aromatic carbocycles. The molecule has 2 aliphatic rings. The van der Waals surface area contributed by atoms with Crippen LogP contribution in [0.1, 0.15) is 49.7 Å². The molecule has 3 heteroatoms. The van der Waals surface area contributed by atoms with E-state index in [0.29, 0.717) is 0 Å². The molecule has 0 atom stereocenters. The number of nitrogens with zero attached hydrogens (tertiary/aromatic N) is 1. The number of nitrogens with two attached hydrogens (primary N) is 1. The van der Waals surface area contributed by atoms with Crippen LogP contribution >= 0.6 is 11.6 Å². The van der Waals surface area contributed by atoms with Crippen molar-refractivity contribution in [1.29, 1.82) is 0 Å². The number of likely N-dealkylation sites (tertiary alicyclic amines) is 1. The van der Waals surface area contributed by atoms with E-state index < -0.39 is 0 Å². The molecule has 28 heavy (non-hydrogen) atoms. The third kappa shape index (κ3) is 4.45. The first-order chi connectivity index (χ1) is 13.7. The third-order valence-electron chi connectivity index (χ3n) is 7.27. The fraction of sp³-hybridized carbons (Fsp3) is 0.520. The van der Waals surface area contributed by atoms with E-state index in [9.17, 15) is 0 Å². The van der Waals surface area contributed by atoms with Gasteiger partial charge in [-0.2, -0.15) is 0 Å². The van der Waals surface area contributed by atoms with Crippen molar-refractivity contribution in [2.24, 2.45) is 11.7 Å². The lowest BCUT2D eigenvalue weighted by atomic mass is 9.68. The average Bonchev–Trinajstić information content (AvgIpc) is 2.75. The van der Waals surface area contributed by atoms with Gasteiger partial charge in [0.15, 0.2) is 0 Å². The molecule has 1 saturated carbocycles. The molecule has 0 spiro atoms. The van der Waals surface area contributed by atoms with Crippen molar-refractivity contribution >= 4 is 11.6 Å². The Kier molecular flexibility index (Phi) is 6.40. The summed E-state index contributed by atoms with van der Waals surface area (Å²) in [5.74, 6) is 0.844.